The van der Waals surface area contributed by atoms with Crippen molar-refractivity contribution in [2.75, 3.05) is 6.54 Å². The lowest BCUT2D eigenvalue weighted by Crippen LogP contribution is -2.15. The van der Waals surface area contributed by atoms with Crippen LogP contribution in [0.15, 0.2) is 33.3 Å². The Balaban J connectivity index is 1.69. The zero-order valence-corrected chi connectivity index (χ0v) is 11.8. The molecule has 0 bridgehead atoms. The van der Waals surface area contributed by atoms with Gasteiger partial charge in [0, 0.05) is 17.4 Å². The van der Waals surface area contributed by atoms with Crippen LogP contribution in [0, 0.1) is 0 Å². The molecule has 0 unspecified atom stereocenters. The van der Waals surface area contributed by atoms with Crippen LogP contribution < -0.4 is 5.32 Å². The summed E-state index contributed by atoms with van der Waals surface area (Å²) in [5.74, 6) is 1.23. The van der Waals surface area contributed by atoms with Crippen LogP contribution in [0.1, 0.15) is 29.7 Å². The lowest BCUT2D eigenvalue weighted by atomic mass is 10.1. The Labute approximate surface area is 119 Å². The third-order valence-corrected chi connectivity index (χ3v) is 3.69. The lowest BCUT2D eigenvalue weighted by Gasteiger charge is -2.01. The maximum absolute atomic E-state index is 9.47. The van der Waals surface area contributed by atoms with Gasteiger partial charge in [-0.1, -0.05) is 33.2 Å². The van der Waals surface area contributed by atoms with E-state index in [1.54, 1.807) is 0 Å². The molecule has 0 saturated carbocycles. The molecule has 2 N–H and O–H groups in total. The van der Waals surface area contributed by atoms with Gasteiger partial charge in [-0.15, -0.1) is 0 Å². The quantitative estimate of drug-likeness (QED) is 0.901. The maximum atomic E-state index is 9.47. The van der Waals surface area contributed by atoms with E-state index >= 15 is 0 Å². The summed E-state index contributed by atoms with van der Waals surface area (Å²) in [7, 11) is 0. The highest BCUT2D eigenvalue weighted by atomic mass is 79.9. The van der Waals surface area contributed by atoms with Crippen molar-refractivity contribution in [3.05, 3.63) is 46.0 Å². The van der Waals surface area contributed by atoms with E-state index in [-0.39, 0.29) is 12.1 Å². The molecule has 1 aromatic carbocycles. The molecule has 100 valence electrons. The second kappa shape index (κ2) is 5.40. The number of benzene rings is 1. The van der Waals surface area contributed by atoms with E-state index in [4.69, 9.17) is 4.52 Å². The molecule has 6 heteroatoms. The van der Waals surface area contributed by atoms with Crippen LogP contribution in [0.5, 0.6) is 0 Å². The first-order valence-corrected chi connectivity index (χ1v) is 6.98. The molecule has 1 saturated heterocycles. The second-order valence-electron chi connectivity index (χ2n) is 4.70. The number of aromatic nitrogens is 2. The second-order valence-corrected chi connectivity index (χ2v) is 5.62. The van der Waals surface area contributed by atoms with Gasteiger partial charge in [0.1, 0.15) is 0 Å². The van der Waals surface area contributed by atoms with Gasteiger partial charge in [0.15, 0.2) is 5.82 Å². The molecule has 0 aliphatic carbocycles. The largest absolute Gasteiger partial charge is 0.392 e. The average Bonchev–Trinajstić information content (AvgIpc) is 3.01. The molecule has 1 aliphatic rings. The Bertz CT molecular complexity index is 555. The van der Waals surface area contributed by atoms with Gasteiger partial charge in [0.2, 0.25) is 5.89 Å². The fourth-order valence-electron chi connectivity index (χ4n) is 2.17. The van der Waals surface area contributed by atoms with Gasteiger partial charge in [0.05, 0.1) is 12.1 Å². The van der Waals surface area contributed by atoms with Gasteiger partial charge >= 0.3 is 0 Å². The molecular weight excluding hydrogens is 310 g/mol. The Morgan fingerprint density at radius 1 is 1.37 bits per heavy atom. The number of nitrogens with one attached hydrogen (secondary N) is 1. The van der Waals surface area contributed by atoms with Crippen LogP contribution in [0.4, 0.5) is 0 Å². The topological polar surface area (TPSA) is 71.2 Å². The summed E-state index contributed by atoms with van der Waals surface area (Å²) in [5, 5.41) is 16.6. The highest BCUT2D eigenvalue weighted by Gasteiger charge is 2.27. The Morgan fingerprint density at radius 3 is 2.84 bits per heavy atom. The van der Waals surface area contributed by atoms with E-state index in [0.717, 1.165) is 10.0 Å². The summed E-state index contributed by atoms with van der Waals surface area (Å²) >= 11 is 3.40. The molecule has 19 heavy (non-hydrogen) atoms. The van der Waals surface area contributed by atoms with E-state index in [0.29, 0.717) is 31.1 Å². The maximum Gasteiger partial charge on any atom is 0.243 e. The first-order chi connectivity index (χ1) is 9.20. The van der Waals surface area contributed by atoms with Crippen molar-refractivity contribution in [1.82, 2.24) is 15.5 Å². The molecule has 2 atom stereocenters. The molecule has 0 spiro atoms. The fraction of sp³-hybridized carbons (Fsp3) is 0.385. The van der Waals surface area contributed by atoms with Gasteiger partial charge in [0.25, 0.3) is 0 Å². The minimum atomic E-state index is -0.327. The Hall–Kier alpha value is -1.24. The number of hydrogen-bond donors (Lipinski definition) is 2. The van der Waals surface area contributed by atoms with E-state index in [2.05, 4.69) is 31.4 Å². The number of aliphatic hydroxyl groups is 1. The summed E-state index contributed by atoms with van der Waals surface area (Å²) in [4.78, 5) is 4.38. The fourth-order valence-corrected chi connectivity index (χ4v) is 2.44. The van der Waals surface area contributed by atoms with Gasteiger partial charge in [-0.2, -0.15) is 4.98 Å². The lowest BCUT2D eigenvalue weighted by molar-refractivity contribution is 0.191. The van der Waals surface area contributed by atoms with E-state index < -0.39 is 0 Å². The van der Waals surface area contributed by atoms with Crippen molar-refractivity contribution in [2.45, 2.75) is 25.0 Å². The average molecular weight is 324 g/mol. The van der Waals surface area contributed by atoms with Gasteiger partial charge < -0.3 is 14.9 Å². The van der Waals surface area contributed by atoms with Gasteiger partial charge in [-0.05, 0) is 24.1 Å². The Kier molecular flexibility index (Phi) is 3.63. The molecule has 1 fully saturated rings. The van der Waals surface area contributed by atoms with Crippen LogP contribution >= 0.6 is 15.9 Å². The first-order valence-electron chi connectivity index (χ1n) is 6.19. The van der Waals surface area contributed by atoms with E-state index in [1.807, 2.05) is 24.3 Å². The summed E-state index contributed by atoms with van der Waals surface area (Å²) in [6, 6.07) is 8.01. The zero-order chi connectivity index (χ0) is 13.2. The highest BCUT2D eigenvalue weighted by molar-refractivity contribution is 9.10. The first kappa shape index (κ1) is 12.8. The van der Waals surface area contributed by atoms with Crippen molar-refractivity contribution in [3.63, 3.8) is 0 Å². The third kappa shape index (κ3) is 3.02. The summed E-state index contributed by atoms with van der Waals surface area (Å²) in [6.07, 6.45) is 0.943. The number of nitrogens with zero attached hydrogens (tertiary/aromatic N) is 2. The molecule has 5 nitrogen and oxygen atoms in total. The molecule has 2 aromatic rings. The van der Waals surface area contributed by atoms with Gasteiger partial charge in [-0.3, -0.25) is 0 Å². The van der Waals surface area contributed by atoms with Crippen molar-refractivity contribution < 1.29 is 9.63 Å². The normalized spacial score (nSPS) is 22.8. The zero-order valence-electron chi connectivity index (χ0n) is 10.2. The number of rotatable bonds is 3. The van der Waals surface area contributed by atoms with Crippen molar-refractivity contribution in [2.24, 2.45) is 0 Å². The van der Waals surface area contributed by atoms with Crippen LogP contribution in [-0.4, -0.2) is 27.9 Å². The molecule has 1 aliphatic heterocycles. The molecule has 3 rings (SSSR count). The third-order valence-electron chi connectivity index (χ3n) is 3.17. The van der Waals surface area contributed by atoms with E-state index in [1.165, 1.54) is 0 Å². The highest BCUT2D eigenvalue weighted by Crippen LogP contribution is 2.22. The van der Waals surface area contributed by atoms with Crippen molar-refractivity contribution >= 4 is 15.9 Å². The summed E-state index contributed by atoms with van der Waals surface area (Å²) in [5.41, 5.74) is 1.13. The molecular formula is C13H14BrN3O2. The SMILES string of the molecule is O[C@H]1CN[C@@H](c2nc(Cc3ccc(Br)cc3)no2)C1. The number of β-amino-alcohol motifs (C(OH)–C–C–N with tert-alkyl or cyclic N) is 1. The minimum absolute atomic E-state index is 0.0267. The Morgan fingerprint density at radius 2 is 2.16 bits per heavy atom. The van der Waals surface area contributed by atoms with Crippen LogP contribution in [-0.2, 0) is 6.42 Å². The van der Waals surface area contributed by atoms with Crippen LogP contribution in [0.3, 0.4) is 0 Å². The number of aliphatic hydroxyl groups excluding tert-OH is 1. The predicted molar refractivity (Wildman–Crippen MR) is 72.6 cm³/mol. The van der Waals surface area contributed by atoms with Crippen LogP contribution in [0.25, 0.3) is 0 Å². The smallest absolute Gasteiger partial charge is 0.243 e. The number of hydrogen-bond acceptors (Lipinski definition) is 5. The predicted octanol–water partition coefficient (Wildman–Crippen LogP) is 1.82. The minimum Gasteiger partial charge on any atom is -0.392 e. The van der Waals surface area contributed by atoms with Gasteiger partial charge in [-0.25, -0.2) is 0 Å². The van der Waals surface area contributed by atoms with Crippen molar-refractivity contribution in [1.29, 1.82) is 0 Å². The molecule has 2 heterocycles. The summed E-state index contributed by atoms with van der Waals surface area (Å²) in [6.45, 7) is 0.578. The van der Waals surface area contributed by atoms with E-state index in [9.17, 15) is 5.11 Å². The molecule has 0 radical (unpaired) electrons. The summed E-state index contributed by atoms with van der Waals surface area (Å²) < 4.78 is 6.30. The van der Waals surface area contributed by atoms with Crippen LogP contribution in [0.2, 0.25) is 0 Å². The molecule has 1 aromatic heterocycles. The standard InChI is InChI=1S/C13H14BrN3O2/c14-9-3-1-8(2-4-9)5-12-16-13(19-17-12)11-6-10(18)7-15-11/h1-4,10-11,15,18H,5-7H2/t10-,11-/m1/s1. The number of halogens is 1. The molecule has 0 amide bonds. The van der Waals surface area contributed by atoms with Crippen molar-refractivity contribution in [3.8, 4) is 0 Å². The monoisotopic (exact) mass is 323 g/mol.